The van der Waals surface area contributed by atoms with Crippen molar-refractivity contribution in [2.45, 2.75) is 12.8 Å². The van der Waals surface area contributed by atoms with Gasteiger partial charge in [0.05, 0.1) is 7.11 Å². The highest BCUT2D eigenvalue weighted by molar-refractivity contribution is 5.94. The fourth-order valence-electron chi connectivity index (χ4n) is 2.65. The van der Waals surface area contributed by atoms with Crippen LogP contribution in [0.15, 0.2) is 24.3 Å². The largest absolute Gasteiger partial charge is 0.497 e. The normalized spacial score (nSPS) is 14.7. The van der Waals surface area contributed by atoms with Gasteiger partial charge in [-0.05, 0) is 44.3 Å². The van der Waals surface area contributed by atoms with Gasteiger partial charge in [-0.1, -0.05) is 0 Å². The van der Waals surface area contributed by atoms with E-state index in [4.69, 9.17) is 4.74 Å². The number of hydrogen-bond acceptors (Lipinski definition) is 4. The van der Waals surface area contributed by atoms with Crippen molar-refractivity contribution >= 4 is 11.8 Å². The van der Waals surface area contributed by atoms with Gasteiger partial charge in [-0.15, -0.1) is 0 Å². The van der Waals surface area contributed by atoms with Gasteiger partial charge < -0.3 is 19.9 Å². The van der Waals surface area contributed by atoms with E-state index in [1.807, 2.05) is 11.9 Å². The SMILES string of the molecule is CNCCCC(=O)N1CCN(C(=O)c2ccc(OC)cc2)CC1. The number of nitrogens with one attached hydrogen (secondary N) is 1. The summed E-state index contributed by atoms with van der Waals surface area (Å²) in [5.41, 5.74) is 0.652. The lowest BCUT2D eigenvalue weighted by Crippen LogP contribution is -2.50. The molecule has 0 spiro atoms. The summed E-state index contributed by atoms with van der Waals surface area (Å²) in [6.45, 7) is 3.24. The molecule has 0 aromatic heterocycles. The average Bonchev–Trinajstić information content (AvgIpc) is 2.61. The van der Waals surface area contributed by atoms with Gasteiger partial charge in [0.2, 0.25) is 5.91 Å². The van der Waals surface area contributed by atoms with Gasteiger partial charge in [0, 0.05) is 38.2 Å². The maximum absolute atomic E-state index is 12.5. The van der Waals surface area contributed by atoms with Crippen LogP contribution in [0.4, 0.5) is 0 Å². The zero-order valence-electron chi connectivity index (χ0n) is 13.9. The van der Waals surface area contributed by atoms with Gasteiger partial charge in [-0.3, -0.25) is 9.59 Å². The lowest BCUT2D eigenvalue weighted by Gasteiger charge is -2.35. The summed E-state index contributed by atoms with van der Waals surface area (Å²) in [6.07, 6.45) is 1.41. The van der Waals surface area contributed by atoms with Crippen molar-refractivity contribution in [2.75, 3.05) is 46.9 Å². The van der Waals surface area contributed by atoms with Crippen LogP contribution < -0.4 is 10.1 Å². The van der Waals surface area contributed by atoms with Crippen molar-refractivity contribution in [3.05, 3.63) is 29.8 Å². The van der Waals surface area contributed by atoms with Crippen LogP contribution in [-0.2, 0) is 4.79 Å². The molecule has 1 aromatic carbocycles. The summed E-state index contributed by atoms with van der Waals surface area (Å²) in [5, 5.41) is 3.04. The number of hydrogen-bond donors (Lipinski definition) is 1. The zero-order chi connectivity index (χ0) is 16.7. The molecular formula is C17H25N3O3. The van der Waals surface area contributed by atoms with Crippen LogP contribution in [-0.4, -0.2) is 68.5 Å². The molecule has 1 fully saturated rings. The van der Waals surface area contributed by atoms with Crippen LogP contribution in [0.5, 0.6) is 5.75 Å². The van der Waals surface area contributed by atoms with Crippen LogP contribution in [0.3, 0.4) is 0 Å². The summed E-state index contributed by atoms with van der Waals surface area (Å²) in [6, 6.07) is 7.12. The first-order valence-electron chi connectivity index (χ1n) is 8.01. The molecule has 0 bridgehead atoms. The molecule has 1 N–H and O–H groups in total. The van der Waals surface area contributed by atoms with Crippen molar-refractivity contribution in [1.82, 2.24) is 15.1 Å². The average molecular weight is 319 g/mol. The highest BCUT2D eigenvalue weighted by Crippen LogP contribution is 2.14. The Morgan fingerprint density at radius 2 is 1.70 bits per heavy atom. The summed E-state index contributed by atoms with van der Waals surface area (Å²) in [5.74, 6) is 0.922. The number of carbonyl (C=O) groups is 2. The van der Waals surface area contributed by atoms with Crippen molar-refractivity contribution in [3.63, 3.8) is 0 Å². The van der Waals surface area contributed by atoms with Crippen LogP contribution in [0, 0.1) is 0 Å². The van der Waals surface area contributed by atoms with Crippen LogP contribution in [0.2, 0.25) is 0 Å². The van der Waals surface area contributed by atoms with Gasteiger partial charge in [0.25, 0.3) is 5.91 Å². The molecule has 6 nitrogen and oxygen atoms in total. The summed E-state index contributed by atoms with van der Waals surface area (Å²) in [4.78, 5) is 28.2. The van der Waals surface area contributed by atoms with Crippen LogP contribution in [0.25, 0.3) is 0 Å². The predicted octanol–water partition coefficient (Wildman–Crippen LogP) is 0.979. The third-order valence-corrected chi connectivity index (χ3v) is 4.07. The first kappa shape index (κ1) is 17.3. The number of piperazine rings is 1. The maximum atomic E-state index is 12.5. The number of methoxy groups -OCH3 is 1. The Morgan fingerprint density at radius 1 is 1.09 bits per heavy atom. The third kappa shape index (κ3) is 4.69. The molecule has 0 atom stereocenters. The van der Waals surface area contributed by atoms with Gasteiger partial charge in [-0.25, -0.2) is 0 Å². The quantitative estimate of drug-likeness (QED) is 0.794. The van der Waals surface area contributed by atoms with Crippen molar-refractivity contribution in [1.29, 1.82) is 0 Å². The lowest BCUT2D eigenvalue weighted by molar-refractivity contribution is -0.132. The zero-order valence-corrected chi connectivity index (χ0v) is 13.9. The van der Waals surface area contributed by atoms with E-state index >= 15 is 0 Å². The van der Waals surface area contributed by atoms with Gasteiger partial charge in [0.1, 0.15) is 5.75 Å². The van der Waals surface area contributed by atoms with E-state index in [0.717, 1.165) is 18.7 Å². The molecule has 2 amide bonds. The van der Waals surface area contributed by atoms with E-state index in [-0.39, 0.29) is 11.8 Å². The Kier molecular flexibility index (Phi) is 6.40. The number of benzene rings is 1. The Bertz CT molecular complexity index is 522. The van der Waals surface area contributed by atoms with Crippen molar-refractivity contribution in [2.24, 2.45) is 0 Å². The number of amides is 2. The Balaban J connectivity index is 1.83. The molecule has 0 unspecified atom stereocenters. The van der Waals surface area contributed by atoms with E-state index in [9.17, 15) is 9.59 Å². The first-order valence-corrected chi connectivity index (χ1v) is 8.01. The second-order valence-electron chi connectivity index (χ2n) is 5.61. The Morgan fingerprint density at radius 3 is 2.26 bits per heavy atom. The maximum Gasteiger partial charge on any atom is 0.253 e. The highest BCUT2D eigenvalue weighted by atomic mass is 16.5. The monoisotopic (exact) mass is 319 g/mol. The predicted molar refractivity (Wildman–Crippen MR) is 88.6 cm³/mol. The number of rotatable bonds is 6. The summed E-state index contributed by atoms with van der Waals surface area (Å²) < 4.78 is 5.10. The molecular weight excluding hydrogens is 294 g/mol. The fraction of sp³-hybridized carbons (Fsp3) is 0.529. The molecule has 0 radical (unpaired) electrons. The Hall–Kier alpha value is -2.08. The van der Waals surface area contributed by atoms with E-state index in [1.165, 1.54) is 0 Å². The molecule has 23 heavy (non-hydrogen) atoms. The third-order valence-electron chi connectivity index (χ3n) is 4.07. The van der Waals surface area contributed by atoms with Crippen LogP contribution >= 0.6 is 0 Å². The minimum absolute atomic E-state index is 0.00920. The fourth-order valence-corrected chi connectivity index (χ4v) is 2.65. The molecule has 0 saturated carbocycles. The Labute approximate surface area is 137 Å². The molecule has 1 heterocycles. The second-order valence-corrected chi connectivity index (χ2v) is 5.61. The van der Waals surface area contributed by atoms with Gasteiger partial charge >= 0.3 is 0 Å². The van der Waals surface area contributed by atoms with E-state index < -0.39 is 0 Å². The smallest absolute Gasteiger partial charge is 0.253 e. The molecule has 0 aliphatic carbocycles. The summed E-state index contributed by atoms with van der Waals surface area (Å²) >= 11 is 0. The molecule has 1 aliphatic heterocycles. The molecule has 1 aliphatic rings. The van der Waals surface area contributed by atoms with E-state index in [2.05, 4.69) is 5.32 Å². The summed E-state index contributed by atoms with van der Waals surface area (Å²) in [7, 11) is 3.48. The van der Waals surface area contributed by atoms with Crippen molar-refractivity contribution < 1.29 is 14.3 Å². The number of ether oxygens (including phenoxy) is 1. The highest BCUT2D eigenvalue weighted by Gasteiger charge is 2.24. The van der Waals surface area contributed by atoms with E-state index in [0.29, 0.717) is 38.2 Å². The topological polar surface area (TPSA) is 61.9 Å². The minimum Gasteiger partial charge on any atom is -0.497 e. The number of nitrogens with zero attached hydrogens (tertiary/aromatic N) is 2. The van der Waals surface area contributed by atoms with Gasteiger partial charge in [0.15, 0.2) is 0 Å². The molecule has 6 heteroatoms. The molecule has 2 rings (SSSR count). The van der Waals surface area contributed by atoms with Crippen LogP contribution in [0.1, 0.15) is 23.2 Å². The minimum atomic E-state index is 0.00920. The standard InChI is InChI=1S/C17H25N3O3/c1-18-9-3-4-16(21)19-10-12-20(13-11-19)17(22)14-5-7-15(23-2)8-6-14/h5-8,18H,3-4,9-13H2,1-2H3. The molecule has 1 saturated heterocycles. The van der Waals surface area contributed by atoms with Crippen molar-refractivity contribution in [3.8, 4) is 5.75 Å². The lowest BCUT2D eigenvalue weighted by atomic mass is 10.1. The number of carbonyl (C=O) groups excluding carboxylic acids is 2. The molecule has 1 aromatic rings. The molecule has 126 valence electrons. The first-order chi connectivity index (χ1) is 11.2. The van der Waals surface area contributed by atoms with Gasteiger partial charge in [-0.2, -0.15) is 0 Å². The van der Waals surface area contributed by atoms with E-state index in [1.54, 1.807) is 36.3 Å². The second kappa shape index (κ2) is 8.53.